The highest BCUT2D eigenvalue weighted by atomic mass is 31.2. The lowest BCUT2D eigenvalue weighted by Crippen LogP contribution is -2.34. The van der Waals surface area contributed by atoms with Crippen LogP contribution in [0.5, 0.6) is 0 Å². The molecule has 0 saturated carbocycles. The predicted molar refractivity (Wildman–Crippen MR) is 235 cm³/mol. The average molecular weight is 842 g/mol. The minimum Gasteiger partial charge on any atom is -0.480 e. The number of rotatable bonds is 43. The molecule has 12 heteroatoms. The highest BCUT2D eigenvalue weighted by Crippen LogP contribution is 2.43. The minimum absolute atomic E-state index is 0.140. The van der Waals surface area contributed by atoms with E-state index in [9.17, 15) is 23.8 Å². The van der Waals surface area contributed by atoms with Gasteiger partial charge in [0.1, 0.15) is 12.6 Å². The van der Waals surface area contributed by atoms with Gasteiger partial charge in [-0.25, -0.2) is 9.36 Å². The average Bonchev–Trinajstić information content (AvgIpc) is 3.20. The monoisotopic (exact) mass is 842 g/mol. The molecule has 0 aromatic rings. The first kappa shape index (κ1) is 55.7. The molecule has 0 aromatic carbocycles. The molecule has 0 aliphatic rings. The molecular weight excluding hydrogens is 757 g/mol. The van der Waals surface area contributed by atoms with Crippen molar-refractivity contribution in [2.45, 2.75) is 219 Å². The molecular formula is C46H84NO10P. The van der Waals surface area contributed by atoms with Crippen LogP contribution in [0.3, 0.4) is 0 Å². The molecule has 0 aromatic heterocycles. The molecule has 0 spiro atoms. The maximum Gasteiger partial charge on any atom is 0.472 e. The van der Waals surface area contributed by atoms with E-state index in [4.69, 9.17) is 24.8 Å². The van der Waals surface area contributed by atoms with Crippen molar-refractivity contribution in [3.05, 3.63) is 36.5 Å². The van der Waals surface area contributed by atoms with Gasteiger partial charge in [0, 0.05) is 12.5 Å². The van der Waals surface area contributed by atoms with Crippen LogP contribution >= 0.6 is 7.82 Å². The Kier molecular flexibility index (Phi) is 39.8. The van der Waals surface area contributed by atoms with Crippen molar-refractivity contribution in [1.29, 1.82) is 0 Å². The largest absolute Gasteiger partial charge is 0.480 e. The zero-order valence-electron chi connectivity index (χ0n) is 36.6. The molecule has 3 atom stereocenters. The van der Waals surface area contributed by atoms with E-state index in [0.717, 1.165) is 32.1 Å². The number of ether oxygens (including phenoxy) is 2. The lowest BCUT2D eigenvalue weighted by atomic mass is 10.1. The van der Waals surface area contributed by atoms with Crippen molar-refractivity contribution in [2.24, 2.45) is 5.73 Å². The normalized spacial score (nSPS) is 14.0. The first-order chi connectivity index (χ1) is 28.1. The Labute approximate surface area is 353 Å². The zero-order valence-corrected chi connectivity index (χ0v) is 37.5. The van der Waals surface area contributed by atoms with Crippen molar-refractivity contribution in [3.63, 3.8) is 0 Å². The van der Waals surface area contributed by atoms with E-state index in [1.54, 1.807) is 12.2 Å². The fourth-order valence-corrected chi connectivity index (χ4v) is 7.11. The van der Waals surface area contributed by atoms with E-state index < -0.39 is 57.7 Å². The van der Waals surface area contributed by atoms with Crippen LogP contribution < -0.4 is 5.73 Å². The van der Waals surface area contributed by atoms with Crippen LogP contribution in [0.15, 0.2) is 36.5 Å². The molecule has 11 nitrogen and oxygen atoms in total. The lowest BCUT2D eigenvalue weighted by Gasteiger charge is -2.20. The molecule has 0 aliphatic heterocycles. The highest BCUT2D eigenvalue weighted by Gasteiger charge is 2.28. The van der Waals surface area contributed by atoms with Crippen molar-refractivity contribution in [2.75, 3.05) is 19.8 Å². The number of phosphoric ester groups is 1. The number of carboxylic acids is 1. The molecule has 0 radical (unpaired) electrons. The summed E-state index contributed by atoms with van der Waals surface area (Å²) in [5.41, 5.74) is 5.33. The molecule has 0 fully saturated rings. The molecule has 338 valence electrons. The summed E-state index contributed by atoms with van der Waals surface area (Å²) in [6, 6.07) is -1.53. The van der Waals surface area contributed by atoms with E-state index in [1.165, 1.54) is 154 Å². The van der Waals surface area contributed by atoms with Gasteiger partial charge in [0.2, 0.25) is 0 Å². The smallest absolute Gasteiger partial charge is 0.472 e. The lowest BCUT2D eigenvalue weighted by molar-refractivity contribution is -0.159. The number of carboxylic acid groups (broad SMARTS) is 1. The number of phosphoric acid groups is 1. The number of hydrogen-bond donors (Lipinski definition) is 3. The number of unbranched alkanes of at least 4 members (excludes halogenated alkanes) is 26. The summed E-state index contributed by atoms with van der Waals surface area (Å²) in [7, 11) is -4.74. The third-order valence-corrected chi connectivity index (χ3v) is 10.9. The third-order valence-electron chi connectivity index (χ3n) is 9.96. The number of hydrogen-bond acceptors (Lipinski definition) is 9. The Hall–Kier alpha value is -2.30. The molecule has 0 saturated heterocycles. The van der Waals surface area contributed by atoms with Crippen molar-refractivity contribution >= 4 is 25.7 Å². The molecule has 4 N–H and O–H groups in total. The summed E-state index contributed by atoms with van der Waals surface area (Å²) in [4.78, 5) is 45.9. The van der Waals surface area contributed by atoms with Gasteiger partial charge in [-0.2, -0.15) is 0 Å². The molecule has 0 heterocycles. The first-order valence-corrected chi connectivity index (χ1v) is 24.6. The number of aliphatic carboxylic acids is 1. The van der Waals surface area contributed by atoms with Crippen LogP contribution in [-0.4, -0.2) is 59.9 Å². The summed E-state index contributed by atoms with van der Waals surface area (Å²) in [6.07, 6.45) is 45.5. The van der Waals surface area contributed by atoms with E-state index >= 15 is 0 Å². The number of allylic oxidation sites excluding steroid dienone is 5. The molecule has 0 aliphatic carbocycles. The van der Waals surface area contributed by atoms with Crippen molar-refractivity contribution in [1.82, 2.24) is 0 Å². The molecule has 0 rings (SSSR count). The van der Waals surface area contributed by atoms with Gasteiger partial charge < -0.3 is 25.2 Å². The summed E-state index contributed by atoms with van der Waals surface area (Å²) in [5.74, 6) is -2.64. The number of carbonyl (C=O) groups is 3. The second kappa shape index (κ2) is 41.4. The third kappa shape index (κ3) is 40.5. The van der Waals surface area contributed by atoms with Crippen molar-refractivity contribution < 1.29 is 47.5 Å². The van der Waals surface area contributed by atoms with Gasteiger partial charge in [-0.15, -0.1) is 0 Å². The van der Waals surface area contributed by atoms with E-state index in [2.05, 4.69) is 30.5 Å². The SMILES string of the molecule is CCCCCCCC/C=C/CCCCCCCCCCCC(=O)O[C@H](COC(=O)/C=C/C=C/CCCCCCCCCCCCC)COP(=O)(O)OC[C@H](N)C(=O)O. The second-order valence-electron chi connectivity index (χ2n) is 15.6. The quantitative estimate of drug-likeness (QED) is 0.0133. The summed E-state index contributed by atoms with van der Waals surface area (Å²) in [5, 5.41) is 8.89. The Morgan fingerprint density at radius 2 is 0.983 bits per heavy atom. The van der Waals surface area contributed by atoms with Gasteiger partial charge in [0.15, 0.2) is 6.10 Å². The van der Waals surface area contributed by atoms with Crippen LogP contribution in [0.25, 0.3) is 0 Å². The molecule has 1 unspecified atom stereocenters. The minimum atomic E-state index is -4.74. The number of nitrogens with two attached hydrogens (primary N) is 1. The fourth-order valence-electron chi connectivity index (χ4n) is 6.33. The molecule has 58 heavy (non-hydrogen) atoms. The maximum absolute atomic E-state index is 12.6. The fraction of sp³-hybridized carbons (Fsp3) is 0.804. The Balaban J connectivity index is 4.39. The maximum atomic E-state index is 12.6. The van der Waals surface area contributed by atoms with Crippen molar-refractivity contribution in [3.8, 4) is 0 Å². The van der Waals surface area contributed by atoms with Crippen LogP contribution in [0.2, 0.25) is 0 Å². The second-order valence-corrected chi connectivity index (χ2v) is 17.1. The standard InChI is InChI=1S/C46H84NO10P/c1-3-5-7-9-11-13-15-17-19-20-21-22-24-26-28-30-32-34-36-38-45(49)57-42(40-55-58(52,53)56-41-43(47)46(50)51)39-54-44(48)37-35-33-31-29-27-25-23-18-16-14-12-10-8-6-4-2/h17,19,31,33,35,37,42-43H,3-16,18,20-30,32,34,36,38-41,47H2,1-2H3,(H,50,51)(H,52,53)/b19-17+,33-31+,37-35+/t42-,43+/m1/s1. The highest BCUT2D eigenvalue weighted by molar-refractivity contribution is 7.47. The summed E-state index contributed by atoms with van der Waals surface area (Å²) < 4.78 is 32.5. The number of carbonyl (C=O) groups excluding carboxylic acids is 2. The molecule has 0 amide bonds. The van der Waals surface area contributed by atoms with Gasteiger partial charge in [-0.05, 0) is 44.9 Å². The van der Waals surface area contributed by atoms with Gasteiger partial charge in [-0.3, -0.25) is 18.6 Å². The summed E-state index contributed by atoms with van der Waals surface area (Å²) >= 11 is 0. The van der Waals surface area contributed by atoms with Gasteiger partial charge >= 0.3 is 25.7 Å². The zero-order chi connectivity index (χ0) is 42.8. The topological polar surface area (TPSA) is 172 Å². The predicted octanol–water partition coefficient (Wildman–Crippen LogP) is 12.4. The van der Waals surface area contributed by atoms with Crippen LogP contribution in [0, 0.1) is 0 Å². The van der Waals surface area contributed by atoms with Crippen LogP contribution in [-0.2, 0) is 37.5 Å². The van der Waals surface area contributed by atoms with Gasteiger partial charge in [0.05, 0.1) is 13.2 Å². The first-order valence-electron chi connectivity index (χ1n) is 23.1. The van der Waals surface area contributed by atoms with Crippen LogP contribution in [0.4, 0.5) is 0 Å². The van der Waals surface area contributed by atoms with E-state index in [1.807, 2.05) is 6.08 Å². The van der Waals surface area contributed by atoms with E-state index in [-0.39, 0.29) is 6.42 Å². The van der Waals surface area contributed by atoms with Gasteiger partial charge in [0.25, 0.3) is 0 Å². The van der Waals surface area contributed by atoms with Gasteiger partial charge in [-0.1, -0.05) is 185 Å². The Morgan fingerprint density at radius 3 is 1.45 bits per heavy atom. The Morgan fingerprint density at radius 1 is 0.569 bits per heavy atom. The van der Waals surface area contributed by atoms with Crippen LogP contribution in [0.1, 0.15) is 206 Å². The molecule has 0 bridgehead atoms. The number of esters is 2. The van der Waals surface area contributed by atoms with E-state index in [0.29, 0.717) is 6.42 Å². The summed E-state index contributed by atoms with van der Waals surface area (Å²) in [6.45, 7) is 2.69. The Bertz CT molecular complexity index is 1130.